The SMILES string of the molecule is O=C(O)Cc1nc(C2CC2)cs1. The van der Waals surface area contributed by atoms with Gasteiger partial charge in [-0.05, 0) is 12.8 Å². The minimum Gasteiger partial charge on any atom is -0.481 e. The quantitative estimate of drug-likeness (QED) is 0.775. The molecule has 12 heavy (non-hydrogen) atoms. The summed E-state index contributed by atoms with van der Waals surface area (Å²) < 4.78 is 0. The van der Waals surface area contributed by atoms with Crippen molar-refractivity contribution in [1.82, 2.24) is 4.98 Å². The highest BCUT2D eigenvalue weighted by Gasteiger charge is 2.26. The molecular weight excluding hydrogens is 174 g/mol. The highest BCUT2D eigenvalue weighted by atomic mass is 32.1. The van der Waals surface area contributed by atoms with Crippen molar-refractivity contribution in [3.05, 3.63) is 16.1 Å². The average molecular weight is 183 g/mol. The second kappa shape index (κ2) is 2.86. The van der Waals surface area contributed by atoms with Crippen molar-refractivity contribution in [2.75, 3.05) is 0 Å². The Kier molecular flexibility index (Phi) is 1.84. The van der Waals surface area contributed by atoms with Gasteiger partial charge in [0.25, 0.3) is 0 Å². The molecule has 1 saturated carbocycles. The predicted octanol–water partition coefficient (Wildman–Crippen LogP) is 1.65. The van der Waals surface area contributed by atoms with Crippen LogP contribution in [0.3, 0.4) is 0 Å². The van der Waals surface area contributed by atoms with Gasteiger partial charge in [0.1, 0.15) is 5.01 Å². The van der Waals surface area contributed by atoms with Gasteiger partial charge >= 0.3 is 5.97 Å². The first-order chi connectivity index (χ1) is 5.75. The number of carboxylic acids is 1. The molecular formula is C8H9NO2S. The first-order valence-electron chi connectivity index (χ1n) is 3.92. The normalized spacial score (nSPS) is 16.3. The summed E-state index contributed by atoms with van der Waals surface area (Å²) in [5, 5.41) is 11.2. The minimum absolute atomic E-state index is 0.0669. The zero-order valence-electron chi connectivity index (χ0n) is 6.49. The largest absolute Gasteiger partial charge is 0.481 e. The van der Waals surface area contributed by atoms with Crippen molar-refractivity contribution in [2.24, 2.45) is 0 Å². The molecule has 0 bridgehead atoms. The van der Waals surface area contributed by atoms with Gasteiger partial charge in [-0.3, -0.25) is 4.79 Å². The molecule has 0 saturated heterocycles. The van der Waals surface area contributed by atoms with Gasteiger partial charge in [-0.1, -0.05) is 0 Å². The van der Waals surface area contributed by atoms with Gasteiger partial charge in [0, 0.05) is 11.3 Å². The molecule has 0 unspecified atom stereocenters. The molecule has 1 fully saturated rings. The van der Waals surface area contributed by atoms with E-state index in [4.69, 9.17) is 5.11 Å². The Labute approximate surface area is 74.1 Å². The first-order valence-corrected chi connectivity index (χ1v) is 4.80. The molecule has 1 aromatic heterocycles. The van der Waals surface area contributed by atoms with E-state index in [0.717, 1.165) is 10.7 Å². The number of thiazole rings is 1. The van der Waals surface area contributed by atoms with Gasteiger partial charge in [-0.15, -0.1) is 11.3 Å². The molecule has 3 nitrogen and oxygen atoms in total. The van der Waals surface area contributed by atoms with E-state index in [-0.39, 0.29) is 6.42 Å². The van der Waals surface area contributed by atoms with Crippen LogP contribution in [0.5, 0.6) is 0 Å². The highest BCUT2D eigenvalue weighted by molar-refractivity contribution is 7.09. The summed E-state index contributed by atoms with van der Waals surface area (Å²) in [5.41, 5.74) is 1.09. The van der Waals surface area contributed by atoms with E-state index >= 15 is 0 Å². The van der Waals surface area contributed by atoms with Crippen LogP contribution in [0.1, 0.15) is 29.5 Å². The number of aliphatic carboxylic acids is 1. The lowest BCUT2D eigenvalue weighted by molar-refractivity contribution is -0.136. The molecule has 0 aliphatic heterocycles. The predicted molar refractivity (Wildman–Crippen MR) is 45.4 cm³/mol. The maximum Gasteiger partial charge on any atom is 0.310 e. The molecule has 0 radical (unpaired) electrons. The molecule has 64 valence electrons. The van der Waals surface area contributed by atoms with Gasteiger partial charge in [0.15, 0.2) is 0 Å². The van der Waals surface area contributed by atoms with Crippen LogP contribution in [-0.2, 0) is 11.2 Å². The molecule has 1 N–H and O–H groups in total. The van der Waals surface area contributed by atoms with E-state index in [9.17, 15) is 4.79 Å². The maximum atomic E-state index is 10.3. The fourth-order valence-corrected chi connectivity index (χ4v) is 1.97. The fourth-order valence-electron chi connectivity index (χ4n) is 1.10. The second-order valence-corrected chi connectivity index (χ2v) is 3.95. The van der Waals surface area contributed by atoms with E-state index < -0.39 is 5.97 Å². The molecule has 0 amide bonds. The molecule has 1 heterocycles. The van der Waals surface area contributed by atoms with Gasteiger partial charge in [0.2, 0.25) is 0 Å². The zero-order chi connectivity index (χ0) is 8.55. The topological polar surface area (TPSA) is 50.2 Å². The standard InChI is InChI=1S/C8H9NO2S/c10-8(11)3-7-9-6(4-12-7)5-1-2-5/h4-5H,1-3H2,(H,10,11). The Morgan fingerprint density at radius 1 is 1.75 bits per heavy atom. The van der Waals surface area contributed by atoms with Crippen molar-refractivity contribution < 1.29 is 9.90 Å². The summed E-state index contributed by atoms with van der Waals surface area (Å²) >= 11 is 1.45. The highest BCUT2D eigenvalue weighted by Crippen LogP contribution is 2.40. The molecule has 1 aliphatic carbocycles. The van der Waals surface area contributed by atoms with Crippen molar-refractivity contribution in [3.8, 4) is 0 Å². The van der Waals surface area contributed by atoms with Crippen molar-refractivity contribution >= 4 is 17.3 Å². The Morgan fingerprint density at radius 2 is 2.50 bits per heavy atom. The first kappa shape index (κ1) is 7.73. The van der Waals surface area contributed by atoms with Crippen molar-refractivity contribution in [2.45, 2.75) is 25.2 Å². The number of nitrogens with zero attached hydrogens (tertiary/aromatic N) is 1. The number of hydrogen-bond acceptors (Lipinski definition) is 3. The van der Waals surface area contributed by atoms with E-state index in [2.05, 4.69) is 4.98 Å². The Bertz CT molecular complexity index is 304. The van der Waals surface area contributed by atoms with E-state index in [1.54, 1.807) is 0 Å². The van der Waals surface area contributed by atoms with Crippen LogP contribution in [0.2, 0.25) is 0 Å². The van der Waals surface area contributed by atoms with Crippen molar-refractivity contribution in [1.29, 1.82) is 0 Å². The second-order valence-electron chi connectivity index (χ2n) is 3.01. The number of carbonyl (C=O) groups is 1. The van der Waals surface area contributed by atoms with Gasteiger partial charge < -0.3 is 5.11 Å². The monoisotopic (exact) mass is 183 g/mol. The molecule has 2 rings (SSSR count). The van der Waals surface area contributed by atoms with Crippen LogP contribution in [0.25, 0.3) is 0 Å². The molecule has 0 spiro atoms. The number of carboxylic acid groups (broad SMARTS) is 1. The average Bonchev–Trinajstić information content (AvgIpc) is 2.73. The number of rotatable bonds is 3. The molecule has 1 aliphatic rings. The Morgan fingerprint density at radius 3 is 3.08 bits per heavy atom. The Balaban J connectivity index is 2.07. The number of hydrogen-bond donors (Lipinski definition) is 1. The van der Waals surface area contributed by atoms with Crippen LogP contribution in [0, 0.1) is 0 Å². The smallest absolute Gasteiger partial charge is 0.310 e. The van der Waals surface area contributed by atoms with Crippen LogP contribution >= 0.6 is 11.3 Å². The van der Waals surface area contributed by atoms with Gasteiger partial charge in [0.05, 0.1) is 12.1 Å². The summed E-state index contributed by atoms with van der Waals surface area (Å²) in [6.45, 7) is 0. The molecule has 1 aromatic rings. The third kappa shape index (κ3) is 1.64. The lowest BCUT2D eigenvalue weighted by atomic mass is 10.3. The fraction of sp³-hybridized carbons (Fsp3) is 0.500. The molecule has 4 heteroatoms. The van der Waals surface area contributed by atoms with E-state index in [1.807, 2.05) is 5.38 Å². The summed E-state index contributed by atoms with van der Waals surface area (Å²) in [4.78, 5) is 14.6. The van der Waals surface area contributed by atoms with Crippen LogP contribution in [0.15, 0.2) is 5.38 Å². The lowest BCUT2D eigenvalue weighted by Gasteiger charge is -1.87. The summed E-state index contributed by atoms with van der Waals surface area (Å²) in [6, 6.07) is 0. The van der Waals surface area contributed by atoms with Crippen LogP contribution in [0.4, 0.5) is 0 Å². The van der Waals surface area contributed by atoms with E-state index in [1.165, 1.54) is 24.2 Å². The maximum absolute atomic E-state index is 10.3. The van der Waals surface area contributed by atoms with Gasteiger partial charge in [-0.25, -0.2) is 4.98 Å². The van der Waals surface area contributed by atoms with Gasteiger partial charge in [-0.2, -0.15) is 0 Å². The zero-order valence-corrected chi connectivity index (χ0v) is 7.30. The Hall–Kier alpha value is -0.900. The lowest BCUT2D eigenvalue weighted by Crippen LogP contribution is -1.99. The minimum atomic E-state index is -0.799. The third-order valence-corrected chi connectivity index (χ3v) is 2.73. The van der Waals surface area contributed by atoms with E-state index in [0.29, 0.717) is 5.92 Å². The molecule has 0 aromatic carbocycles. The van der Waals surface area contributed by atoms with Crippen molar-refractivity contribution in [3.63, 3.8) is 0 Å². The summed E-state index contributed by atoms with van der Waals surface area (Å²) in [7, 11) is 0. The summed E-state index contributed by atoms with van der Waals surface area (Å²) in [6.07, 6.45) is 2.50. The molecule has 0 atom stereocenters. The number of aromatic nitrogens is 1. The van der Waals surface area contributed by atoms with Crippen LogP contribution in [-0.4, -0.2) is 16.1 Å². The third-order valence-electron chi connectivity index (χ3n) is 1.87. The summed E-state index contributed by atoms with van der Waals surface area (Å²) in [5.74, 6) is -0.171. The van der Waals surface area contributed by atoms with Crippen LogP contribution < -0.4 is 0 Å².